The summed E-state index contributed by atoms with van der Waals surface area (Å²) >= 11 is 1.50. The molecule has 0 saturated heterocycles. The van der Waals surface area contributed by atoms with Crippen molar-refractivity contribution in [3.05, 3.63) is 71.1 Å². The first-order valence-electron chi connectivity index (χ1n) is 9.69. The van der Waals surface area contributed by atoms with Crippen LogP contribution in [0.5, 0.6) is 0 Å². The van der Waals surface area contributed by atoms with Gasteiger partial charge in [-0.05, 0) is 60.6 Å². The molecule has 0 aliphatic heterocycles. The van der Waals surface area contributed by atoms with E-state index in [1.54, 1.807) is 43.0 Å². The number of carbonyl (C=O) groups excluding carboxylic acids is 2. The molecule has 3 N–H and O–H groups in total. The summed E-state index contributed by atoms with van der Waals surface area (Å²) in [5.41, 5.74) is 8.87. The Bertz CT molecular complexity index is 1060. The number of anilines is 2. The van der Waals surface area contributed by atoms with E-state index in [1.165, 1.54) is 22.0 Å². The summed E-state index contributed by atoms with van der Waals surface area (Å²) in [6.45, 7) is 0.365. The molecule has 0 radical (unpaired) electrons. The molecule has 1 unspecified atom stereocenters. The van der Waals surface area contributed by atoms with Crippen LogP contribution in [-0.4, -0.2) is 28.2 Å². The van der Waals surface area contributed by atoms with Crippen LogP contribution in [0, 0.1) is 5.92 Å². The van der Waals surface area contributed by atoms with E-state index in [1.807, 2.05) is 12.1 Å². The van der Waals surface area contributed by atoms with Gasteiger partial charge in [-0.2, -0.15) is 0 Å². The van der Waals surface area contributed by atoms with Gasteiger partial charge in [-0.25, -0.2) is 4.79 Å². The molecule has 0 fully saturated rings. The zero-order valence-electron chi connectivity index (χ0n) is 16.3. The van der Waals surface area contributed by atoms with Crippen LogP contribution in [0.15, 0.2) is 55.1 Å². The zero-order valence-corrected chi connectivity index (χ0v) is 17.1. The quantitative estimate of drug-likeness (QED) is 0.606. The molecule has 0 saturated carbocycles. The molecule has 4 rings (SSSR count). The van der Waals surface area contributed by atoms with Gasteiger partial charge >= 0.3 is 6.09 Å². The number of nitrogens with one attached hydrogen (secondary N) is 1. The van der Waals surface area contributed by atoms with Crippen LogP contribution >= 0.6 is 11.3 Å². The molecule has 30 heavy (non-hydrogen) atoms. The number of carbonyl (C=O) groups is 2. The summed E-state index contributed by atoms with van der Waals surface area (Å²) in [5, 5.41) is 3.55. The van der Waals surface area contributed by atoms with Gasteiger partial charge in [-0.1, -0.05) is 6.07 Å². The summed E-state index contributed by atoms with van der Waals surface area (Å²) in [6, 6.07) is 7.25. The minimum Gasteiger partial charge on any atom is -0.449 e. The highest BCUT2D eigenvalue weighted by Crippen LogP contribution is 2.41. The predicted molar refractivity (Wildman–Crippen MR) is 117 cm³/mol. The van der Waals surface area contributed by atoms with Crippen LogP contribution in [0.1, 0.15) is 22.4 Å². The largest absolute Gasteiger partial charge is 0.449 e. The minimum absolute atomic E-state index is 0.235. The maximum absolute atomic E-state index is 12.3. The Hall–Kier alpha value is -3.39. The first kappa shape index (κ1) is 19.9. The average molecular weight is 423 g/mol. The number of rotatable bonds is 5. The van der Waals surface area contributed by atoms with Gasteiger partial charge in [0.15, 0.2) is 0 Å². The van der Waals surface area contributed by atoms with Crippen LogP contribution in [0.4, 0.5) is 15.5 Å². The van der Waals surface area contributed by atoms with E-state index >= 15 is 0 Å². The minimum atomic E-state index is -0.371. The molecule has 3 aromatic heterocycles. The third-order valence-electron chi connectivity index (χ3n) is 5.01. The van der Waals surface area contributed by atoms with Crippen LogP contribution < -0.4 is 11.1 Å². The Kier molecular flexibility index (Phi) is 5.94. The van der Waals surface area contributed by atoms with Gasteiger partial charge in [-0.3, -0.25) is 14.3 Å². The lowest BCUT2D eigenvalue weighted by Gasteiger charge is -2.22. The number of hydrogen-bond acceptors (Lipinski definition) is 6. The Morgan fingerprint density at radius 3 is 2.93 bits per heavy atom. The maximum atomic E-state index is 12.3. The van der Waals surface area contributed by atoms with Crippen molar-refractivity contribution < 1.29 is 14.3 Å². The third kappa shape index (κ3) is 4.60. The van der Waals surface area contributed by atoms with E-state index in [2.05, 4.69) is 10.3 Å². The van der Waals surface area contributed by atoms with E-state index in [0.29, 0.717) is 17.3 Å². The van der Waals surface area contributed by atoms with Crippen molar-refractivity contribution in [2.75, 3.05) is 17.7 Å². The number of nitrogens with zero attached hydrogens (tertiary/aromatic N) is 2. The molecule has 3 heterocycles. The van der Waals surface area contributed by atoms with Crippen molar-refractivity contribution in [3.8, 4) is 0 Å². The summed E-state index contributed by atoms with van der Waals surface area (Å²) in [4.78, 5) is 29.4. The van der Waals surface area contributed by atoms with E-state index in [4.69, 9.17) is 10.5 Å². The van der Waals surface area contributed by atoms with E-state index in [-0.39, 0.29) is 17.9 Å². The van der Waals surface area contributed by atoms with Gasteiger partial charge in [0.1, 0.15) is 5.00 Å². The number of fused-ring (bicyclic) bond motifs is 1. The Morgan fingerprint density at radius 1 is 1.33 bits per heavy atom. The van der Waals surface area contributed by atoms with Gasteiger partial charge in [0.05, 0.1) is 12.3 Å². The molecule has 1 atom stereocenters. The van der Waals surface area contributed by atoms with Gasteiger partial charge < -0.3 is 15.8 Å². The van der Waals surface area contributed by atoms with E-state index in [9.17, 15) is 9.59 Å². The number of pyridine rings is 1. The molecule has 3 aromatic rings. The lowest BCUT2D eigenvalue weighted by Crippen LogP contribution is -2.22. The zero-order chi connectivity index (χ0) is 20.9. The summed E-state index contributed by atoms with van der Waals surface area (Å²) in [7, 11) is 0. The number of nitrogen functional groups attached to an aromatic ring is 1. The summed E-state index contributed by atoms with van der Waals surface area (Å²) < 4.78 is 6.85. The molecule has 1 amide bonds. The molecule has 1 aliphatic rings. The molecule has 7 nitrogen and oxygen atoms in total. The fourth-order valence-corrected chi connectivity index (χ4v) is 4.72. The second-order valence-electron chi connectivity index (χ2n) is 7.13. The number of nitrogens with two attached hydrogens (primary N) is 1. The molecule has 0 bridgehead atoms. The smallest absolute Gasteiger partial charge is 0.417 e. The van der Waals surface area contributed by atoms with Crippen LogP contribution in [-0.2, 0) is 22.4 Å². The first-order chi connectivity index (χ1) is 14.6. The molecule has 154 valence electrons. The monoisotopic (exact) mass is 422 g/mol. The lowest BCUT2D eigenvalue weighted by molar-refractivity contribution is -0.111. The molecule has 0 spiro atoms. The van der Waals surface area contributed by atoms with Crippen molar-refractivity contribution in [1.82, 2.24) is 9.55 Å². The highest BCUT2D eigenvalue weighted by Gasteiger charge is 2.26. The number of hydrogen-bond donors (Lipinski definition) is 2. The van der Waals surface area contributed by atoms with E-state index in [0.717, 1.165) is 35.3 Å². The summed E-state index contributed by atoms with van der Waals surface area (Å²) in [5.74, 6) is 0.00504. The number of thiophene rings is 1. The summed E-state index contributed by atoms with van der Waals surface area (Å²) in [6.07, 6.45) is 12.0. The molecule has 0 aromatic carbocycles. The normalized spacial score (nSPS) is 15.7. The fourth-order valence-electron chi connectivity index (χ4n) is 3.43. The van der Waals surface area contributed by atoms with Gasteiger partial charge in [0.25, 0.3) is 0 Å². The third-order valence-corrected chi connectivity index (χ3v) is 6.20. The SMILES string of the molecule is Nc1c(NC(=O)/C=C/c2cccnc2)sc2c1CCC(COC(=O)n1cccc1)C2. The van der Waals surface area contributed by atoms with Crippen LogP contribution in [0.3, 0.4) is 0 Å². The number of amides is 1. The van der Waals surface area contributed by atoms with Crippen molar-refractivity contribution in [2.24, 2.45) is 5.92 Å². The Balaban J connectivity index is 1.35. The molecule has 8 heteroatoms. The van der Waals surface area contributed by atoms with Gasteiger partial charge in [0, 0.05) is 35.7 Å². The fraction of sp³-hybridized carbons (Fsp3) is 0.227. The van der Waals surface area contributed by atoms with Crippen molar-refractivity contribution >= 4 is 40.1 Å². The highest BCUT2D eigenvalue weighted by atomic mass is 32.1. The average Bonchev–Trinajstić information content (AvgIpc) is 3.40. The molecule has 1 aliphatic carbocycles. The van der Waals surface area contributed by atoms with Gasteiger partial charge in [0.2, 0.25) is 5.91 Å². The second kappa shape index (κ2) is 8.96. The topological polar surface area (TPSA) is 99.2 Å². The first-order valence-corrected chi connectivity index (χ1v) is 10.5. The Labute approximate surface area is 178 Å². The standard InChI is InChI=1S/C22H22N4O3S/c23-20-17-7-5-16(14-29-22(28)26-10-1-2-11-26)12-18(17)30-21(20)25-19(27)8-6-15-4-3-9-24-13-15/h1-4,6,8-11,13,16H,5,7,12,14,23H2,(H,25,27)/b8-6+. The molecular formula is C22H22N4O3S. The van der Waals surface area contributed by atoms with E-state index < -0.39 is 0 Å². The molecular weight excluding hydrogens is 400 g/mol. The lowest BCUT2D eigenvalue weighted by atomic mass is 9.89. The Morgan fingerprint density at radius 2 is 2.17 bits per heavy atom. The van der Waals surface area contributed by atoms with Crippen LogP contribution in [0.25, 0.3) is 6.08 Å². The van der Waals surface area contributed by atoms with Gasteiger partial charge in [-0.15, -0.1) is 11.3 Å². The van der Waals surface area contributed by atoms with Crippen molar-refractivity contribution in [3.63, 3.8) is 0 Å². The maximum Gasteiger partial charge on any atom is 0.417 e. The highest BCUT2D eigenvalue weighted by molar-refractivity contribution is 7.17. The van der Waals surface area contributed by atoms with Crippen LogP contribution in [0.2, 0.25) is 0 Å². The predicted octanol–water partition coefficient (Wildman–Crippen LogP) is 3.97. The number of aromatic nitrogens is 2. The second-order valence-corrected chi connectivity index (χ2v) is 8.24. The van der Waals surface area contributed by atoms with Crippen molar-refractivity contribution in [1.29, 1.82) is 0 Å². The van der Waals surface area contributed by atoms with Crippen molar-refractivity contribution in [2.45, 2.75) is 19.3 Å². The number of ether oxygens (including phenoxy) is 1.